The molecule has 1 unspecified atom stereocenters. The van der Waals surface area contributed by atoms with E-state index in [1.54, 1.807) is 6.92 Å². The Bertz CT molecular complexity index is 246. The zero-order valence-electron chi connectivity index (χ0n) is 8.81. The number of ether oxygens (including phenoxy) is 1. The van der Waals surface area contributed by atoms with Crippen LogP contribution < -0.4 is 0 Å². The monoisotopic (exact) mass is 260 g/mol. The number of unbranched alkanes of at least 4 members (excludes halogenated alkanes) is 3. The van der Waals surface area contributed by atoms with E-state index in [4.69, 9.17) is 4.74 Å². The quantitative estimate of drug-likeness (QED) is 0.558. The predicted octanol–water partition coefficient (Wildman–Crippen LogP) is 3.55. The summed E-state index contributed by atoms with van der Waals surface area (Å²) in [6.45, 7) is 3.99. The Morgan fingerprint density at radius 1 is 1.36 bits per heavy atom. The first-order valence-corrected chi connectivity index (χ1v) is 6.03. The topological polar surface area (TPSA) is 26.3 Å². The molecule has 80 valence electrons. The van der Waals surface area contributed by atoms with Gasteiger partial charge in [0.1, 0.15) is 6.10 Å². The Balaban J connectivity index is 2.30. The van der Waals surface area contributed by atoms with Crippen molar-refractivity contribution in [3.05, 3.63) is 10.1 Å². The highest BCUT2D eigenvalue weighted by molar-refractivity contribution is 9.11. The van der Waals surface area contributed by atoms with Gasteiger partial charge >= 0.3 is 5.97 Å². The summed E-state index contributed by atoms with van der Waals surface area (Å²) in [5.41, 5.74) is 0.727. The molecule has 1 aliphatic heterocycles. The van der Waals surface area contributed by atoms with E-state index in [0.29, 0.717) is 0 Å². The third-order valence-corrected chi connectivity index (χ3v) is 3.62. The van der Waals surface area contributed by atoms with Gasteiger partial charge in [-0.25, -0.2) is 4.79 Å². The number of rotatable bonds is 5. The van der Waals surface area contributed by atoms with Crippen LogP contribution in [0.25, 0.3) is 0 Å². The summed E-state index contributed by atoms with van der Waals surface area (Å²) in [6.07, 6.45) is 5.79. The van der Waals surface area contributed by atoms with Gasteiger partial charge < -0.3 is 4.74 Å². The van der Waals surface area contributed by atoms with Crippen molar-refractivity contribution in [2.24, 2.45) is 0 Å². The fourth-order valence-corrected chi connectivity index (χ4v) is 2.03. The first-order valence-electron chi connectivity index (χ1n) is 5.24. The summed E-state index contributed by atoms with van der Waals surface area (Å²) in [4.78, 5) is 11.2. The van der Waals surface area contributed by atoms with Gasteiger partial charge in [0.05, 0.1) is 0 Å². The smallest absolute Gasteiger partial charge is 0.335 e. The van der Waals surface area contributed by atoms with E-state index in [0.717, 1.165) is 22.9 Å². The fraction of sp³-hybridized carbons (Fsp3) is 0.727. The second-order valence-corrected chi connectivity index (χ2v) is 4.57. The van der Waals surface area contributed by atoms with Gasteiger partial charge in [-0.15, -0.1) is 0 Å². The molecule has 0 aromatic carbocycles. The molecule has 0 spiro atoms. The Kier molecular flexibility index (Phi) is 4.66. The third kappa shape index (κ3) is 2.84. The van der Waals surface area contributed by atoms with Crippen LogP contribution in [0.15, 0.2) is 10.1 Å². The standard InChI is InChI=1S/C11H17BrO2/c1-3-4-5-6-7-9-10(12)8(2)11(13)14-9/h9H,3-7H2,1-2H3. The van der Waals surface area contributed by atoms with Crippen LogP contribution in [0.3, 0.4) is 0 Å². The highest BCUT2D eigenvalue weighted by Crippen LogP contribution is 2.30. The highest BCUT2D eigenvalue weighted by Gasteiger charge is 2.28. The Labute approximate surface area is 93.8 Å². The molecule has 2 nitrogen and oxygen atoms in total. The van der Waals surface area contributed by atoms with Gasteiger partial charge in [-0.05, 0) is 19.8 Å². The van der Waals surface area contributed by atoms with Crippen molar-refractivity contribution in [1.82, 2.24) is 0 Å². The summed E-state index contributed by atoms with van der Waals surface area (Å²) < 4.78 is 6.15. The molecular weight excluding hydrogens is 244 g/mol. The number of cyclic esters (lactones) is 1. The number of carbonyl (C=O) groups excluding carboxylic acids is 1. The van der Waals surface area contributed by atoms with E-state index in [1.165, 1.54) is 19.3 Å². The molecule has 0 saturated heterocycles. The van der Waals surface area contributed by atoms with Crippen molar-refractivity contribution in [1.29, 1.82) is 0 Å². The summed E-state index contributed by atoms with van der Waals surface area (Å²) in [5, 5.41) is 0. The predicted molar refractivity (Wildman–Crippen MR) is 60.3 cm³/mol. The maximum atomic E-state index is 11.2. The van der Waals surface area contributed by atoms with Crippen LogP contribution in [0.4, 0.5) is 0 Å². The first kappa shape index (κ1) is 11.8. The van der Waals surface area contributed by atoms with Gasteiger partial charge in [0.15, 0.2) is 0 Å². The van der Waals surface area contributed by atoms with Crippen LogP contribution in [0, 0.1) is 0 Å². The average molecular weight is 261 g/mol. The van der Waals surface area contributed by atoms with Crippen molar-refractivity contribution in [2.75, 3.05) is 0 Å². The van der Waals surface area contributed by atoms with Crippen LogP contribution in [0.1, 0.15) is 46.0 Å². The van der Waals surface area contributed by atoms with Gasteiger partial charge in [0, 0.05) is 10.1 Å². The number of esters is 1. The fourth-order valence-electron chi connectivity index (χ4n) is 1.55. The highest BCUT2D eigenvalue weighted by atomic mass is 79.9. The molecule has 0 aromatic heterocycles. The molecule has 1 atom stereocenters. The molecule has 0 N–H and O–H groups in total. The zero-order chi connectivity index (χ0) is 10.6. The molecule has 1 heterocycles. The molecule has 3 heteroatoms. The van der Waals surface area contributed by atoms with E-state index in [2.05, 4.69) is 22.9 Å². The summed E-state index contributed by atoms with van der Waals surface area (Å²) in [5.74, 6) is -0.169. The Morgan fingerprint density at radius 2 is 2.07 bits per heavy atom. The summed E-state index contributed by atoms with van der Waals surface area (Å²) in [6, 6.07) is 0. The van der Waals surface area contributed by atoms with E-state index in [1.807, 2.05) is 0 Å². The number of hydrogen-bond acceptors (Lipinski definition) is 2. The van der Waals surface area contributed by atoms with Crippen molar-refractivity contribution >= 4 is 21.9 Å². The van der Waals surface area contributed by atoms with Crippen molar-refractivity contribution in [3.8, 4) is 0 Å². The maximum Gasteiger partial charge on any atom is 0.335 e. The largest absolute Gasteiger partial charge is 0.454 e. The molecule has 0 amide bonds. The number of hydrogen-bond donors (Lipinski definition) is 0. The molecule has 0 aromatic rings. The maximum absolute atomic E-state index is 11.2. The van der Waals surface area contributed by atoms with Gasteiger partial charge in [0.2, 0.25) is 0 Å². The zero-order valence-corrected chi connectivity index (χ0v) is 10.4. The minimum Gasteiger partial charge on any atom is -0.454 e. The van der Waals surface area contributed by atoms with Crippen molar-refractivity contribution in [2.45, 2.75) is 52.1 Å². The van der Waals surface area contributed by atoms with Crippen LogP contribution in [-0.2, 0) is 9.53 Å². The SMILES string of the molecule is CCCCCCC1OC(=O)C(C)=C1Br. The molecule has 0 saturated carbocycles. The molecule has 0 bridgehead atoms. The average Bonchev–Trinajstić information content (AvgIpc) is 2.41. The molecule has 0 fully saturated rings. The van der Waals surface area contributed by atoms with Gasteiger partial charge in [-0.2, -0.15) is 0 Å². The third-order valence-electron chi connectivity index (χ3n) is 2.52. The van der Waals surface area contributed by atoms with Gasteiger partial charge in [-0.3, -0.25) is 0 Å². The van der Waals surface area contributed by atoms with Gasteiger partial charge in [-0.1, -0.05) is 42.1 Å². The lowest BCUT2D eigenvalue weighted by molar-refractivity contribution is -0.139. The summed E-state index contributed by atoms with van der Waals surface area (Å²) in [7, 11) is 0. The molecule has 0 aliphatic carbocycles. The van der Waals surface area contributed by atoms with Gasteiger partial charge in [0.25, 0.3) is 0 Å². The van der Waals surface area contributed by atoms with Crippen molar-refractivity contribution in [3.63, 3.8) is 0 Å². The minimum absolute atomic E-state index is 0.0145. The number of carbonyl (C=O) groups is 1. The summed E-state index contributed by atoms with van der Waals surface area (Å²) >= 11 is 3.41. The lowest BCUT2D eigenvalue weighted by Gasteiger charge is -2.09. The molecule has 1 aliphatic rings. The molecule has 0 radical (unpaired) electrons. The number of halogens is 1. The molecule has 14 heavy (non-hydrogen) atoms. The van der Waals surface area contributed by atoms with E-state index >= 15 is 0 Å². The van der Waals surface area contributed by atoms with Crippen LogP contribution in [0.2, 0.25) is 0 Å². The van der Waals surface area contributed by atoms with E-state index in [9.17, 15) is 4.79 Å². The molecule has 1 rings (SSSR count). The van der Waals surface area contributed by atoms with E-state index < -0.39 is 0 Å². The normalized spacial score (nSPS) is 21.6. The second kappa shape index (κ2) is 5.54. The van der Waals surface area contributed by atoms with E-state index in [-0.39, 0.29) is 12.1 Å². The Hall–Kier alpha value is -0.310. The molecular formula is C11H17BrO2. The second-order valence-electron chi connectivity index (χ2n) is 3.72. The minimum atomic E-state index is -0.169. The first-order chi connectivity index (χ1) is 6.66. The lowest BCUT2D eigenvalue weighted by Crippen LogP contribution is -2.09. The van der Waals surface area contributed by atoms with Crippen LogP contribution >= 0.6 is 15.9 Å². The van der Waals surface area contributed by atoms with Crippen molar-refractivity contribution < 1.29 is 9.53 Å². The van der Waals surface area contributed by atoms with Crippen LogP contribution in [-0.4, -0.2) is 12.1 Å². The lowest BCUT2D eigenvalue weighted by atomic mass is 10.1. The Morgan fingerprint density at radius 3 is 2.57 bits per heavy atom. The van der Waals surface area contributed by atoms with Crippen LogP contribution in [0.5, 0.6) is 0 Å².